The van der Waals surface area contributed by atoms with Crippen molar-refractivity contribution in [2.24, 2.45) is 0 Å². The van der Waals surface area contributed by atoms with Crippen molar-refractivity contribution >= 4 is 10.0 Å². The van der Waals surface area contributed by atoms with Gasteiger partial charge in [-0.1, -0.05) is 42.0 Å². The molecular weight excluding hydrogens is 289 g/mol. The van der Waals surface area contributed by atoms with Crippen molar-refractivity contribution in [2.75, 3.05) is 0 Å². The van der Waals surface area contributed by atoms with Crippen LogP contribution >= 0.6 is 0 Å². The third-order valence-corrected chi connectivity index (χ3v) is 4.49. The van der Waals surface area contributed by atoms with E-state index in [9.17, 15) is 12.8 Å². The zero-order valence-corrected chi connectivity index (χ0v) is 12.9. The van der Waals surface area contributed by atoms with Crippen LogP contribution in [-0.2, 0) is 22.3 Å². The minimum atomic E-state index is -3.41. The van der Waals surface area contributed by atoms with Gasteiger partial charge in [-0.25, -0.2) is 17.5 Å². The van der Waals surface area contributed by atoms with Crippen molar-refractivity contribution in [2.45, 2.75) is 26.1 Å². The van der Waals surface area contributed by atoms with Crippen LogP contribution in [0.25, 0.3) is 0 Å². The summed E-state index contributed by atoms with van der Waals surface area (Å²) in [5, 5.41) is 0. The highest BCUT2D eigenvalue weighted by Gasteiger charge is 2.11. The fourth-order valence-electron chi connectivity index (χ4n) is 1.96. The van der Waals surface area contributed by atoms with Gasteiger partial charge in [-0.3, -0.25) is 0 Å². The molecule has 0 aliphatic carbocycles. The first-order valence-electron chi connectivity index (χ1n) is 6.64. The van der Waals surface area contributed by atoms with Gasteiger partial charge in [0.15, 0.2) is 0 Å². The molecule has 0 spiro atoms. The smallest absolute Gasteiger partial charge is 0.212 e. The molecule has 21 heavy (non-hydrogen) atoms. The van der Waals surface area contributed by atoms with Gasteiger partial charge in [-0.05, 0) is 36.6 Å². The van der Waals surface area contributed by atoms with Gasteiger partial charge in [0.2, 0.25) is 10.0 Å². The number of nitrogens with one attached hydrogen (secondary N) is 1. The third kappa shape index (κ3) is 4.65. The minimum absolute atomic E-state index is 0.0620. The molecule has 0 unspecified atom stereocenters. The Balaban J connectivity index is 2.00. The van der Waals surface area contributed by atoms with Gasteiger partial charge in [-0.15, -0.1) is 0 Å². The van der Waals surface area contributed by atoms with E-state index in [1.807, 2.05) is 19.1 Å². The lowest BCUT2D eigenvalue weighted by atomic mass is 10.1. The van der Waals surface area contributed by atoms with E-state index >= 15 is 0 Å². The van der Waals surface area contributed by atoms with E-state index in [4.69, 9.17) is 0 Å². The summed E-state index contributed by atoms with van der Waals surface area (Å²) in [6, 6.07) is 11.9. The summed E-state index contributed by atoms with van der Waals surface area (Å²) in [7, 11) is -3.41. The molecule has 5 heteroatoms. The van der Waals surface area contributed by atoms with Gasteiger partial charge in [0.1, 0.15) is 5.82 Å². The Morgan fingerprint density at radius 3 is 2.24 bits per heavy atom. The molecule has 1 N–H and O–H groups in total. The Bertz CT molecular complexity index is 724. The monoisotopic (exact) mass is 307 g/mol. The second-order valence-corrected chi connectivity index (χ2v) is 6.96. The zero-order chi connectivity index (χ0) is 15.5. The van der Waals surface area contributed by atoms with E-state index < -0.39 is 10.0 Å². The van der Waals surface area contributed by atoms with E-state index in [0.717, 1.165) is 16.7 Å². The Labute approximate surface area is 124 Å². The molecule has 0 heterocycles. The average Bonchev–Trinajstić information content (AvgIpc) is 2.43. The minimum Gasteiger partial charge on any atom is -0.212 e. The molecule has 0 atom stereocenters. The van der Waals surface area contributed by atoms with Crippen LogP contribution in [0.5, 0.6) is 0 Å². The quantitative estimate of drug-likeness (QED) is 0.923. The summed E-state index contributed by atoms with van der Waals surface area (Å²) in [6.45, 7) is 3.77. The van der Waals surface area contributed by atoms with Gasteiger partial charge in [-0.2, -0.15) is 0 Å². The lowest BCUT2D eigenvalue weighted by Crippen LogP contribution is -2.24. The van der Waals surface area contributed by atoms with Gasteiger partial charge < -0.3 is 0 Å². The molecule has 3 nitrogen and oxygen atoms in total. The molecule has 2 aromatic carbocycles. The molecule has 0 saturated carbocycles. The number of hydrogen-bond acceptors (Lipinski definition) is 2. The molecule has 0 amide bonds. The third-order valence-electron chi connectivity index (χ3n) is 3.20. The number of rotatable bonds is 5. The van der Waals surface area contributed by atoms with Gasteiger partial charge in [0.25, 0.3) is 0 Å². The highest BCUT2D eigenvalue weighted by molar-refractivity contribution is 7.88. The van der Waals surface area contributed by atoms with Crippen molar-refractivity contribution in [3.05, 3.63) is 70.5 Å². The van der Waals surface area contributed by atoms with Crippen LogP contribution < -0.4 is 4.72 Å². The van der Waals surface area contributed by atoms with E-state index in [1.54, 1.807) is 31.2 Å². The van der Waals surface area contributed by atoms with Crippen molar-refractivity contribution in [1.29, 1.82) is 0 Å². The molecule has 0 radical (unpaired) electrons. The molecule has 112 valence electrons. The Hall–Kier alpha value is -1.72. The molecule has 0 aliphatic rings. The first kappa shape index (κ1) is 15.7. The van der Waals surface area contributed by atoms with Crippen LogP contribution in [0.4, 0.5) is 4.39 Å². The average molecular weight is 307 g/mol. The molecule has 0 fully saturated rings. The van der Waals surface area contributed by atoms with Crippen LogP contribution in [0.3, 0.4) is 0 Å². The van der Waals surface area contributed by atoms with E-state index in [1.165, 1.54) is 6.07 Å². The molecule has 0 aliphatic heterocycles. The van der Waals surface area contributed by atoms with Crippen molar-refractivity contribution < 1.29 is 12.8 Å². The summed E-state index contributed by atoms with van der Waals surface area (Å²) in [4.78, 5) is 0. The number of benzene rings is 2. The van der Waals surface area contributed by atoms with Crippen LogP contribution in [0, 0.1) is 19.7 Å². The molecule has 0 bridgehead atoms. The lowest BCUT2D eigenvalue weighted by Gasteiger charge is -2.08. The maximum atomic E-state index is 13.2. The Morgan fingerprint density at radius 1 is 1.00 bits per heavy atom. The SMILES string of the molecule is Cc1ccc(CS(=O)(=O)NCc2ccc(F)c(C)c2)cc1. The normalized spacial score (nSPS) is 11.6. The van der Waals surface area contributed by atoms with Gasteiger partial charge in [0.05, 0.1) is 5.75 Å². The van der Waals surface area contributed by atoms with Crippen molar-refractivity contribution in [3.8, 4) is 0 Å². The lowest BCUT2D eigenvalue weighted by molar-refractivity contribution is 0.580. The van der Waals surface area contributed by atoms with Gasteiger partial charge >= 0.3 is 0 Å². The summed E-state index contributed by atoms with van der Waals surface area (Å²) in [5.41, 5.74) is 3.07. The highest BCUT2D eigenvalue weighted by Crippen LogP contribution is 2.11. The number of hydrogen-bond donors (Lipinski definition) is 1. The summed E-state index contributed by atoms with van der Waals surface area (Å²) >= 11 is 0. The van der Waals surface area contributed by atoms with Gasteiger partial charge in [0, 0.05) is 6.54 Å². The maximum Gasteiger partial charge on any atom is 0.216 e. The van der Waals surface area contributed by atoms with E-state index in [2.05, 4.69) is 4.72 Å². The first-order chi connectivity index (χ1) is 9.85. The molecule has 0 aromatic heterocycles. The van der Waals surface area contributed by atoms with E-state index in [-0.39, 0.29) is 18.1 Å². The second-order valence-electron chi connectivity index (χ2n) is 5.15. The standard InChI is InChI=1S/C16H18FNO2S/c1-12-3-5-14(6-4-12)11-21(19,20)18-10-15-7-8-16(17)13(2)9-15/h3-9,18H,10-11H2,1-2H3. The summed E-state index contributed by atoms with van der Waals surface area (Å²) < 4.78 is 39.7. The second kappa shape index (κ2) is 6.37. The largest absolute Gasteiger partial charge is 0.216 e. The van der Waals surface area contributed by atoms with E-state index in [0.29, 0.717) is 5.56 Å². The topological polar surface area (TPSA) is 46.2 Å². The van der Waals surface area contributed by atoms with Crippen LogP contribution in [0.2, 0.25) is 0 Å². The zero-order valence-electron chi connectivity index (χ0n) is 12.1. The van der Waals surface area contributed by atoms with Crippen molar-refractivity contribution in [3.63, 3.8) is 0 Å². The molecule has 2 rings (SSSR count). The first-order valence-corrected chi connectivity index (χ1v) is 8.29. The molecule has 0 saturated heterocycles. The van der Waals surface area contributed by atoms with Crippen LogP contribution in [-0.4, -0.2) is 8.42 Å². The number of sulfonamides is 1. The Kier molecular flexibility index (Phi) is 4.75. The fraction of sp³-hybridized carbons (Fsp3) is 0.250. The molecular formula is C16H18FNO2S. The fourth-order valence-corrected chi connectivity index (χ4v) is 3.08. The Morgan fingerprint density at radius 2 is 1.62 bits per heavy atom. The summed E-state index contributed by atoms with van der Waals surface area (Å²) in [5.74, 6) is -0.353. The van der Waals surface area contributed by atoms with Crippen LogP contribution in [0.1, 0.15) is 22.3 Å². The molecule has 2 aromatic rings. The number of halogens is 1. The predicted molar refractivity (Wildman–Crippen MR) is 81.8 cm³/mol. The maximum absolute atomic E-state index is 13.2. The highest BCUT2D eigenvalue weighted by atomic mass is 32.2. The predicted octanol–water partition coefficient (Wildman–Crippen LogP) is 3.06. The number of aryl methyl sites for hydroxylation is 2. The van der Waals surface area contributed by atoms with Crippen LogP contribution in [0.15, 0.2) is 42.5 Å². The summed E-state index contributed by atoms with van der Waals surface area (Å²) in [6.07, 6.45) is 0. The van der Waals surface area contributed by atoms with Crippen molar-refractivity contribution in [1.82, 2.24) is 4.72 Å².